The fourth-order valence-corrected chi connectivity index (χ4v) is 4.28. The number of pyridine rings is 1. The van der Waals surface area contributed by atoms with E-state index < -0.39 is 0 Å². The maximum absolute atomic E-state index is 12.9. The third-order valence-electron chi connectivity index (χ3n) is 4.85. The molecule has 0 amide bonds. The molecule has 0 aliphatic carbocycles. The van der Waals surface area contributed by atoms with Crippen LogP contribution in [0.5, 0.6) is 11.5 Å². The van der Waals surface area contributed by atoms with Crippen LogP contribution in [-0.2, 0) is 0 Å². The van der Waals surface area contributed by atoms with Crippen LogP contribution in [0.25, 0.3) is 17.1 Å². The van der Waals surface area contributed by atoms with E-state index in [-0.39, 0.29) is 11.5 Å². The zero-order valence-electron chi connectivity index (χ0n) is 16.8. The lowest BCUT2D eigenvalue weighted by molar-refractivity contribution is 0.102. The smallest absolute Gasteiger partial charge is 0.196 e. The molecule has 7 nitrogen and oxygen atoms in total. The van der Waals surface area contributed by atoms with Crippen molar-refractivity contribution in [3.8, 4) is 28.6 Å². The molecule has 0 atom stereocenters. The van der Waals surface area contributed by atoms with Crippen molar-refractivity contribution in [2.24, 2.45) is 0 Å². The average molecular weight is 465 g/mol. The van der Waals surface area contributed by atoms with Gasteiger partial charge in [-0.15, -0.1) is 10.2 Å². The first-order chi connectivity index (χ1) is 15.7. The van der Waals surface area contributed by atoms with Gasteiger partial charge >= 0.3 is 0 Å². The van der Waals surface area contributed by atoms with Crippen LogP contribution < -0.4 is 9.47 Å². The summed E-state index contributed by atoms with van der Waals surface area (Å²) in [6.07, 6.45) is 3.41. The Morgan fingerprint density at radius 2 is 1.72 bits per heavy atom. The largest absolute Gasteiger partial charge is 0.486 e. The van der Waals surface area contributed by atoms with E-state index in [1.54, 1.807) is 30.6 Å². The Bertz CT molecular complexity index is 1260. The minimum Gasteiger partial charge on any atom is -0.486 e. The number of halogens is 1. The molecular weight excluding hydrogens is 448 g/mol. The first kappa shape index (κ1) is 20.5. The van der Waals surface area contributed by atoms with Gasteiger partial charge in [-0.1, -0.05) is 23.4 Å². The molecule has 0 unspecified atom stereocenters. The van der Waals surface area contributed by atoms with Crippen LogP contribution in [0.15, 0.2) is 72.1 Å². The second kappa shape index (κ2) is 9.02. The molecule has 0 N–H and O–H groups in total. The molecule has 4 aromatic rings. The Kier molecular flexibility index (Phi) is 5.79. The molecule has 1 aliphatic heterocycles. The SMILES string of the molecule is O=C(CSc1nnc(-c2ccncc2)n1-c1ccc(Cl)cc1)c1ccc2c(c1)OCCO2. The van der Waals surface area contributed by atoms with Gasteiger partial charge in [0, 0.05) is 34.2 Å². The van der Waals surface area contributed by atoms with Gasteiger partial charge in [0.05, 0.1) is 5.75 Å². The number of nitrogens with zero attached hydrogens (tertiary/aromatic N) is 4. The number of thioether (sulfide) groups is 1. The molecule has 2 aromatic carbocycles. The molecule has 0 fully saturated rings. The molecule has 2 aromatic heterocycles. The predicted molar refractivity (Wildman–Crippen MR) is 122 cm³/mol. The lowest BCUT2D eigenvalue weighted by atomic mass is 10.1. The lowest BCUT2D eigenvalue weighted by Gasteiger charge is -2.18. The molecule has 32 heavy (non-hydrogen) atoms. The third kappa shape index (κ3) is 4.19. The average Bonchev–Trinajstić information content (AvgIpc) is 3.27. The van der Waals surface area contributed by atoms with Crippen molar-refractivity contribution >= 4 is 29.1 Å². The maximum atomic E-state index is 12.9. The number of benzene rings is 2. The van der Waals surface area contributed by atoms with Gasteiger partial charge in [-0.2, -0.15) is 0 Å². The Labute approximate surface area is 193 Å². The molecule has 5 rings (SSSR count). The quantitative estimate of drug-likeness (QED) is 0.301. The molecule has 0 saturated heterocycles. The van der Waals surface area contributed by atoms with Crippen molar-refractivity contribution in [1.29, 1.82) is 0 Å². The number of ketones is 1. The molecule has 3 heterocycles. The van der Waals surface area contributed by atoms with Gasteiger partial charge in [0.15, 0.2) is 28.3 Å². The van der Waals surface area contributed by atoms with Gasteiger partial charge in [-0.05, 0) is 54.6 Å². The van der Waals surface area contributed by atoms with E-state index in [1.165, 1.54) is 11.8 Å². The number of hydrogen-bond donors (Lipinski definition) is 0. The lowest BCUT2D eigenvalue weighted by Crippen LogP contribution is -2.16. The van der Waals surface area contributed by atoms with E-state index in [9.17, 15) is 4.79 Å². The van der Waals surface area contributed by atoms with E-state index in [4.69, 9.17) is 21.1 Å². The second-order valence-electron chi connectivity index (χ2n) is 6.92. The summed E-state index contributed by atoms with van der Waals surface area (Å²) in [5.41, 5.74) is 2.28. The zero-order valence-corrected chi connectivity index (χ0v) is 18.3. The van der Waals surface area contributed by atoms with Crippen LogP contribution in [0.1, 0.15) is 10.4 Å². The van der Waals surface area contributed by atoms with Crippen molar-refractivity contribution in [2.75, 3.05) is 19.0 Å². The first-order valence-corrected chi connectivity index (χ1v) is 11.2. The predicted octanol–water partition coefficient (Wildman–Crippen LogP) is 4.73. The highest BCUT2D eigenvalue weighted by Gasteiger charge is 2.19. The summed E-state index contributed by atoms with van der Waals surface area (Å²) < 4.78 is 13.0. The summed E-state index contributed by atoms with van der Waals surface area (Å²) in [6, 6.07) is 16.4. The van der Waals surface area contributed by atoms with Gasteiger partial charge in [-0.25, -0.2) is 0 Å². The number of fused-ring (bicyclic) bond motifs is 1. The Morgan fingerprint density at radius 3 is 2.50 bits per heavy atom. The molecule has 160 valence electrons. The molecular formula is C23H17ClN4O3S. The van der Waals surface area contributed by atoms with Crippen molar-refractivity contribution in [1.82, 2.24) is 19.7 Å². The zero-order chi connectivity index (χ0) is 21.9. The topological polar surface area (TPSA) is 79.1 Å². The molecule has 0 spiro atoms. The van der Waals surface area contributed by atoms with E-state index in [0.29, 0.717) is 46.3 Å². The number of hydrogen-bond acceptors (Lipinski definition) is 7. The highest BCUT2D eigenvalue weighted by molar-refractivity contribution is 7.99. The second-order valence-corrected chi connectivity index (χ2v) is 8.30. The number of carbonyl (C=O) groups excluding carboxylic acids is 1. The number of Topliss-reactive ketones (excluding diaryl/α,β-unsaturated/α-hetero) is 1. The van der Waals surface area contributed by atoms with Gasteiger partial charge in [-0.3, -0.25) is 14.3 Å². The first-order valence-electron chi connectivity index (χ1n) is 9.86. The number of carbonyl (C=O) groups is 1. The van der Waals surface area contributed by atoms with Crippen molar-refractivity contribution in [3.63, 3.8) is 0 Å². The van der Waals surface area contributed by atoms with Gasteiger partial charge in [0.1, 0.15) is 13.2 Å². The highest BCUT2D eigenvalue weighted by atomic mass is 35.5. The van der Waals surface area contributed by atoms with E-state index in [1.807, 2.05) is 41.0 Å². The van der Waals surface area contributed by atoms with Crippen molar-refractivity contribution < 1.29 is 14.3 Å². The standard InChI is InChI=1S/C23H17ClN4O3S/c24-17-2-4-18(5-3-17)28-22(15-7-9-25-10-8-15)26-27-23(28)32-14-19(29)16-1-6-20-21(13-16)31-12-11-30-20/h1-10,13H,11-12,14H2. The number of ether oxygens (including phenoxy) is 2. The van der Waals surface area contributed by atoms with E-state index >= 15 is 0 Å². The molecule has 0 saturated carbocycles. The highest BCUT2D eigenvalue weighted by Crippen LogP contribution is 2.32. The normalized spacial score (nSPS) is 12.5. The minimum atomic E-state index is -0.0388. The third-order valence-corrected chi connectivity index (χ3v) is 6.03. The van der Waals surface area contributed by atoms with Crippen molar-refractivity contribution in [3.05, 3.63) is 77.6 Å². The minimum absolute atomic E-state index is 0.0388. The van der Waals surface area contributed by atoms with Gasteiger partial charge in [0.25, 0.3) is 0 Å². The van der Waals surface area contributed by atoms with Crippen LogP contribution in [-0.4, -0.2) is 44.5 Å². The number of aromatic nitrogens is 4. The summed E-state index contributed by atoms with van der Waals surface area (Å²) in [6.45, 7) is 0.984. The number of rotatable bonds is 6. The fourth-order valence-electron chi connectivity index (χ4n) is 3.30. The fraction of sp³-hybridized carbons (Fsp3) is 0.130. The summed E-state index contributed by atoms with van der Waals surface area (Å²) in [4.78, 5) is 16.9. The summed E-state index contributed by atoms with van der Waals surface area (Å²) in [7, 11) is 0. The van der Waals surface area contributed by atoms with Crippen LogP contribution in [0.2, 0.25) is 5.02 Å². The Morgan fingerprint density at radius 1 is 0.969 bits per heavy atom. The summed E-state index contributed by atoms with van der Waals surface area (Å²) in [5, 5.41) is 9.97. The Hall–Kier alpha value is -3.36. The molecule has 1 aliphatic rings. The van der Waals surface area contributed by atoms with Gasteiger partial charge in [0.2, 0.25) is 0 Å². The molecule has 0 bridgehead atoms. The van der Waals surface area contributed by atoms with E-state index in [0.717, 1.165) is 11.3 Å². The van der Waals surface area contributed by atoms with Crippen LogP contribution in [0.4, 0.5) is 0 Å². The Balaban J connectivity index is 1.43. The summed E-state index contributed by atoms with van der Waals surface area (Å²) >= 11 is 7.39. The molecule has 9 heteroatoms. The van der Waals surface area contributed by atoms with Crippen LogP contribution >= 0.6 is 23.4 Å². The van der Waals surface area contributed by atoms with Crippen molar-refractivity contribution in [2.45, 2.75) is 5.16 Å². The maximum Gasteiger partial charge on any atom is 0.196 e. The van der Waals surface area contributed by atoms with Crippen LogP contribution in [0.3, 0.4) is 0 Å². The summed E-state index contributed by atoms with van der Waals surface area (Å²) in [5.74, 6) is 2.07. The van der Waals surface area contributed by atoms with Crippen LogP contribution in [0, 0.1) is 0 Å². The van der Waals surface area contributed by atoms with Gasteiger partial charge < -0.3 is 9.47 Å². The van der Waals surface area contributed by atoms with E-state index in [2.05, 4.69) is 15.2 Å². The monoisotopic (exact) mass is 464 g/mol. The molecule has 0 radical (unpaired) electrons.